The minimum Gasteiger partial charge on any atom is -0.469 e. The molecular formula is C45H31NO2. The van der Waals surface area contributed by atoms with E-state index < -0.39 is 0 Å². The monoisotopic (exact) mass is 617 g/mol. The van der Waals surface area contributed by atoms with Crippen LogP contribution < -0.4 is 0 Å². The van der Waals surface area contributed by atoms with Crippen molar-refractivity contribution in [2.45, 2.75) is 50.1 Å². The molecule has 0 fully saturated rings. The highest BCUT2D eigenvalue weighted by molar-refractivity contribution is 6.44. The van der Waals surface area contributed by atoms with Gasteiger partial charge in [-0.2, -0.15) is 0 Å². The van der Waals surface area contributed by atoms with E-state index in [9.17, 15) is 4.79 Å². The molecule has 0 spiro atoms. The number of carbonyl (C=O) groups is 1. The number of hydrogen-bond donors (Lipinski definition) is 0. The maximum atomic E-state index is 12.3. The van der Waals surface area contributed by atoms with Gasteiger partial charge in [0.15, 0.2) is 0 Å². The largest absolute Gasteiger partial charge is 0.469 e. The zero-order valence-electron chi connectivity index (χ0n) is 26.7. The molecule has 0 N–H and O–H groups in total. The number of nitrogens with zero attached hydrogens (tertiary/aromatic N) is 1. The number of benzene rings is 6. The fraction of sp³-hybridized carbons (Fsp3) is 0.222. The van der Waals surface area contributed by atoms with Gasteiger partial charge in [-0.05, 0) is 142 Å². The number of allylic oxidation sites excluding steroid dienone is 2. The maximum absolute atomic E-state index is 12.3. The summed E-state index contributed by atoms with van der Waals surface area (Å²) in [7, 11) is 1.50. The van der Waals surface area contributed by atoms with Crippen LogP contribution in [0.2, 0.25) is 0 Å². The van der Waals surface area contributed by atoms with Gasteiger partial charge in [0.25, 0.3) is 0 Å². The Labute approximate surface area is 277 Å². The minimum atomic E-state index is -0.129. The number of esters is 1. The summed E-state index contributed by atoms with van der Waals surface area (Å²) in [6, 6.07) is 21.2. The molecule has 0 bridgehead atoms. The number of rotatable bonds is 6. The van der Waals surface area contributed by atoms with Gasteiger partial charge in [0, 0.05) is 24.5 Å². The first-order valence-corrected chi connectivity index (χ1v) is 17.7. The average Bonchev–Trinajstić information content (AvgIpc) is 3.85. The molecule has 13 rings (SSSR count). The number of hydrogen-bond acceptors (Lipinski definition) is 3. The van der Waals surface area contributed by atoms with E-state index in [4.69, 9.17) is 4.74 Å². The van der Waals surface area contributed by atoms with Crippen molar-refractivity contribution >= 4 is 66.8 Å². The minimum absolute atomic E-state index is 0.129. The van der Waals surface area contributed by atoms with Crippen molar-refractivity contribution in [2.75, 3.05) is 7.11 Å². The summed E-state index contributed by atoms with van der Waals surface area (Å²) in [6.07, 6.45) is 16.6. The first-order valence-electron chi connectivity index (χ1n) is 17.7. The molecule has 1 heterocycles. The predicted octanol–water partition coefficient (Wildman–Crippen LogP) is 10.5. The molecule has 6 aromatic carbocycles. The molecule has 3 nitrogen and oxygen atoms in total. The van der Waals surface area contributed by atoms with Gasteiger partial charge in [-0.15, -0.1) is 0 Å². The summed E-state index contributed by atoms with van der Waals surface area (Å²) in [5.41, 5.74) is 18.1. The third-order valence-corrected chi connectivity index (χ3v) is 13.2. The van der Waals surface area contributed by atoms with Crippen molar-refractivity contribution in [1.82, 2.24) is 4.90 Å². The van der Waals surface area contributed by atoms with Gasteiger partial charge >= 0.3 is 5.97 Å². The van der Waals surface area contributed by atoms with E-state index in [0.717, 1.165) is 25.7 Å². The first-order chi connectivity index (χ1) is 23.7. The molecule has 7 aliphatic rings. The molecule has 0 aromatic heterocycles. The molecule has 4 atom stereocenters. The second-order valence-electron chi connectivity index (χ2n) is 15.2. The molecular weight excluding hydrogens is 587 g/mol. The zero-order valence-corrected chi connectivity index (χ0v) is 26.7. The van der Waals surface area contributed by atoms with Crippen molar-refractivity contribution in [1.29, 1.82) is 0 Å². The van der Waals surface area contributed by atoms with E-state index in [-0.39, 0.29) is 18.1 Å². The smallest absolute Gasteiger partial charge is 0.305 e. The summed E-state index contributed by atoms with van der Waals surface area (Å²) in [4.78, 5) is 15.0. The van der Waals surface area contributed by atoms with Crippen molar-refractivity contribution < 1.29 is 9.53 Å². The lowest BCUT2D eigenvalue weighted by molar-refractivity contribution is -0.140. The number of ether oxygens (including phenoxy) is 1. The van der Waals surface area contributed by atoms with E-state index in [0.29, 0.717) is 18.3 Å². The Balaban J connectivity index is 1.17. The lowest BCUT2D eigenvalue weighted by Gasteiger charge is -2.38. The number of carbonyl (C=O) groups excluding carboxylic acids is 1. The van der Waals surface area contributed by atoms with Crippen molar-refractivity contribution in [3.8, 4) is 11.1 Å². The van der Waals surface area contributed by atoms with Crippen LogP contribution in [0.25, 0.3) is 71.9 Å². The zero-order chi connectivity index (χ0) is 31.2. The molecule has 0 radical (unpaired) electrons. The highest BCUT2D eigenvalue weighted by Gasteiger charge is 2.50. The Morgan fingerprint density at radius 2 is 1.69 bits per heavy atom. The summed E-state index contributed by atoms with van der Waals surface area (Å²) in [6.45, 7) is 0. The highest BCUT2D eigenvalue weighted by Crippen LogP contribution is 2.69. The van der Waals surface area contributed by atoms with E-state index in [2.05, 4.69) is 90.0 Å². The van der Waals surface area contributed by atoms with Crippen LogP contribution in [0.15, 0.2) is 72.9 Å². The molecule has 6 aromatic rings. The van der Waals surface area contributed by atoms with Crippen molar-refractivity contribution in [3.05, 3.63) is 123 Å². The molecule has 0 amide bonds. The quantitative estimate of drug-likeness (QED) is 0.137. The van der Waals surface area contributed by atoms with Crippen LogP contribution in [-0.2, 0) is 16.0 Å². The topological polar surface area (TPSA) is 29.5 Å². The van der Waals surface area contributed by atoms with E-state index in [1.54, 1.807) is 60.1 Å². The fourth-order valence-electron chi connectivity index (χ4n) is 11.7. The Morgan fingerprint density at radius 3 is 2.58 bits per heavy atom. The fourth-order valence-corrected chi connectivity index (χ4v) is 11.7. The molecule has 48 heavy (non-hydrogen) atoms. The van der Waals surface area contributed by atoms with E-state index in [1.165, 1.54) is 56.8 Å². The summed E-state index contributed by atoms with van der Waals surface area (Å²) in [5, 5.41) is 12.3. The molecule has 6 aliphatic carbocycles. The van der Waals surface area contributed by atoms with Crippen LogP contribution in [0, 0.1) is 5.92 Å². The second-order valence-corrected chi connectivity index (χ2v) is 15.2. The van der Waals surface area contributed by atoms with Gasteiger partial charge in [0.05, 0.1) is 19.2 Å². The lowest BCUT2D eigenvalue weighted by Crippen LogP contribution is -2.28. The van der Waals surface area contributed by atoms with Crippen LogP contribution in [0.4, 0.5) is 0 Å². The van der Waals surface area contributed by atoms with Crippen molar-refractivity contribution in [3.63, 3.8) is 0 Å². The van der Waals surface area contributed by atoms with Crippen molar-refractivity contribution in [2.24, 2.45) is 5.92 Å². The highest BCUT2D eigenvalue weighted by atomic mass is 16.5. The molecule has 1 aliphatic heterocycles. The third-order valence-electron chi connectivity index (χ3n) is 13.2. The van der Waals surface area contributed by atoms with E-state index in [1.807, 2.05) is 0 Å². The van der Waals surface area contributed by atoms with Gasteiger partial charge in [-0.1, -0.05) is 72.8 Å². The van der Waals surface area contributed by atoms with Crippen LogP contribution in [0.1, 0.15) is 93.8 Å². The first kappa shape index (κ1) is 24.9. The van der Waals surface area contributed by atoms with Gasteiger partial charge in [-0.3, -0.25) is 4.79 Å². The number of methoxy groups -OCH3 is 1. The van der Waals surface area contributed by atoms with Gasteiger partial charge < -0.3 is 9.64 Å². The van der Waals surface area contributed by atoms with Gasteiger partial charge in [0.1, 0.15) is 0 Å². The Kier molecular flexibility index (Phi) is 4.21. The summed E-state index contributed by atoms with van der Waals surface area (Å²) >= 11 is 0. The molecule has 0 saturated carbocycles. The molecule has 0 saturated heterocycles. The average molecular weight is 618 g/mol. The Hall–Kier alpha value is -5.15. The molecule has 4 unspecified atom stereocenters. The third kappa shape index (κ3) is 2.60. The Morgan fingerprint density at radius 1 is 0.833 bits per heavy atom. The summed E-state index contributed by atoms with van der Waals surface area (Å²) in [5.74, 6) is 0.689. The normalized spacial score (nSPS) is 22.7. The Bertz CT molecular complexity index is 2730. The van der Waals surface area contributed by atoms with Crippen LogP contribution in [0.3, 0.4) is 0 Å². The van der Waals surface area contributed by atoms with Gasteiger partial charge in [-0.25, -0.2) is 0 Å². The van der Waals surface area contributed by atoms with Gasteiger partial charge in [0.2, 0.25) is 0 Å². The predicted molar refractivity (Wildman–Crippen MR) is 194 cm³/mol. The van der Waals surface area contributed by atoms with Crippen LogP contribution >= 0.6 is 0 Å². The van der Waals surface area contributed by atoms with E-state index >= 15 is 0 Å². The molecule has 3 heteroatoms. The summed E-state index contributed by atoms with van der Waals surface area (Å²) < 4.78 is 5.06. The van der Waals surface area contributed by atoms with Crippen LogP contribution in [0.5, 0.6) is 0 Å². The second kappa shape index (κ2) is 8.10. The lowest BCUT2D eigenvalue weighted by atomic mass is 9.71. The van der Waals surface area contributed by atoms with Crippen LogP contribution in [-0.4, -0.2) is 18.0 Å². The standard InChI is InChI=1S/C45H31NO2/c1-48-31(47)9-5-8-29(21-6-3-2-4-7-21)46-15-14-22-10-11-23-16-26-19-27-17-24-12-13-25-18-28-20-30(46)39-38(28)42-35(25)34(24)41-37(27)36(26)40-33(23)32(22)43(39)45(40)44(41)42/h2-4,6-7,10-18,25,29-30,35H,5,8-9,19-20H2,1H3/b15-14+. The SMILES string of the molecule is COC(=O)CCCC(c1ccccc1)N1/C=C/c2ccc3cc4c5c6c(cc7c8c6c6c9c%10c(c%11c6c5c3c2-%11)C1CC%10=CC(C=C7)C89)C4. The molecule has 228 valence electrons. The maximum Gasteiger partial charge on any atom is 0.305 e.